The topological polar surface area (TPSA) is 116 Å². The Morgan fingerprint density at radius 2 is 2.00 bits per heavy atom. The van der Waals surface area contributed by atoms with Crippen molar-refractivity contribution in [3.8, 4) is 5.88 Å². The molecule has 2 heterocycles. The number of likely N-dealkylation sites (tertiary alicyclic amines) is 1. The number of rotatable bonds is 5. The van der Waals surface area contributed by atoms with Crippen molar-refractivity contribution in [1.82, 2.24) is 9.88 Å². The Labute approximate surface area is 155 Å². The number of ether oxygens (including phenoxy) is 2. The molecule has 2 aromatic rings. The van der Waals surface area contributed by atoms with Crippen LogP contribution in [0.15, 0.2) is 47.5 Å². The first-order valence-electron chi connectivity index (χ1n) is 8.31. The van der Waals surface area contributed by atoms with Gasteiger partial charge in [-0.3, -0.25) is 4.90 Å². The van der Waals surface area contributed by atoms with Gasteiger partial charge in [-0.25, -0.2) is 14.2 Å². The van der Waals surface area contributed by atoms with E-state index in [-0.39, 0.29) is 11.7 Å². The van der Waals surface area contributed by atoms with Gasteiger partial charge in [-0.15, -0.1) is 4.99 Å². The number of carbonyl (C=O) groups excluding carboxylic acids is 1. The number of pyridine rings is 1. The zero-order valence-corrected chi connectivity index (χ0v) is 14.7. The van der Waals surface area contributed by atoms with Crippen LogP contribution in [0.25, 0.3) is 0 Å². The molecule has 0 aliphatic carbocycles. The first kappa shape index (κ1) is 18.6. The molecule has 0 spiro atoms. The molecule has 27 heavy (non-hydrogen) atoms. The fourth-order valence-electron chi connectivity index (χ4n) is 2.73. The third-order valence-electron chi connectivity index (χ3n) is 3.96. The number of aromatic nitrogens is 1. The van der Waals surface area contributed by atoms with Crippen LogP contribution in [0.1, 0.15) is 17.5 Å². The second-order valence-electron chi connectivity index (χ2n) is 6.11. The summed E-state index contributed by atoms with van der Waals surface area (Å²) in [6, 6.07) is 11.5. The van der Waals surface area contributed by atoms with Crippen LogP contribution in [0.3, 0.4) is 0 Å². The maximum Gasteiger partial charge on any atom is 0.438 e. The molecule has 1 saturated heterocycles. The van der Waals surface area contributed by atoms with Crippen molar-refractivity contribution in [3.63, 3.8) is 0 Å². The van der Waals surface area contributed by atoms with E-state index in [2.05, 4.69) is 9.98 Å². The minimum Gasteiger partial charge on any atom is -0.472 e. The number of nitrogens with two attached hydrogens (primary N) is 2. The number of halogens is 1. The van der Waals surface area contributed by atoms with Gasteiger partial charge in [0, 0.05) is 30.4 Å². The van der Waals surface area contributed by atoms with E-state index in [9.17, 15) is 9.18 Å². The normalized spacial score (nSPS) is 15.5. The van der Waals surface area contributed by atoms with Crippen molar-refractivity contribution in [2.75, 3.05) is 13.1 Å². The number of carbonyl (C=O) groups is 1. The zero-order valence-electron chi connectivity index (χ0n) is 14.7. The summed E-state index contributed by atoms with van der Waals surface area (Å²) >= 11 is 0. The largest absolute Gasteiger partial charge is 0.472 e. The summed E-state index contributed by atoms with van der Waals surface area (Å²) in [7, 11) is 0. The number of guanidine groups is 1. The maximum absolute atomic E-state index is 14.2. The first-order valence-corrected chi connectivity index (χ1v) is 8.31. The van der Waals surface area contributed by atoms with Gasteiger partial charge in [-0.05, 0) is 19.1 Å². The van der Waals surface area contributed by atoms with Crippen LogP contribution in [-0.2, 0) is 4.74 Å². The smallest absolute Gasteiger partial charge is 0.438 e. The van der Waals surface area contributed by atoms with E-state index in [1.54, 1.807) is 29.2 Å². The van der Waals surface area contributed by atoms with Crippen LogP contribution in [0.5, 0.6) is 5.88 Å². The zero-order chi connectivity index (χ0) is 19.4. The van der Waals surface area contributed by atoms with Gasteiger partial charge in [0.2, 0.25) is 5.88 Å². The summed E-state index contributed by atoms with van der Waals surface area (Å²) in [5, 5.41) is 0. The van der Waals surface area contributed by atoms with Crippen molar-refractivity contribution in [1.29, 1.82) is 0 Å². The summed E-state index contributed by atoms with van der Waals surface area (Å²) in [5.41, 5.74) is 11.4. The molecule has 0 radical (unpaired) electrons. The lowest BCUT2D eigenvalue weighted by Crippen LogP contribution is -2.55. The van der Waals surface area contributed by atoms with Gasteiger partial charge in [0.15, 0.2) is 12.2 Å². The molecule has 1 aromatic carbocycles. The molecule has 8 nitrogen and oxygen atoms in total. The van der Waals surface area contributed by atoms with Crippen molar-refractivity contribution < 1.29 is 18.7 Å². The Balaban J connectivity index is 1.70. The lowest BCUT2D eigenvalue weighted by atomic mass is 10.1. The highest BCUT2D eigenvalue weighted by molar-refractivity contribution is 5.87. The molecule has 4 N–H and O–H groups in total. The monoisotopic (exact) mass is 373 g/mol. The standard InChI is InChI=1S/C18H20FN5O3/c1-11-5-4-8-15(22-11)26-12-9-24(10-12)16(27-18(25)23-17(20)21)13-6-2-3-7-14(13)19/h2-8,12,16H,9-10H2,1H3,(H4,20,21,23,25). The predicted octanol–water partition coefficient (Wildman–Crippen LogP) is 1.70. The summed E-state index contributed by atoms with van der Waals surface area (Å²) in [6.07, 6.45) is -2.12. The van der Waals surface area contributed by atoms with Gasteiger partial charge in [-0.2, -0.15) is 0 Å². The molecule has 0 bridgehead atoms. The third kappa shape index (κ3) is 4.70. The number of aliphatic imine (C=N–C) groups is 1. The number of benzene rings is 1. The third-order valence-corrected chi connectivity index (χ3v) is 3.96. The number of nitrogens with zero attached hydrogens (tertiary/aromatic N) is 3. The van der Waals surface area contributed by atoms with Gasteiger partial charge in [0.1, 0.15) is 11.9 Å². The van der Waals surface area contributed by atoms with E-state index >= 15 is 0 Å². The molecule has 1 fully saturated rings. The molecule has 1 atom stereocenters. The van der Waals surface area contributed by atoms with Crippen LogP contribution in [-0.4, -0.2) is 41.1 Å². The number of aryl methyl sites for hydroxylation is 1. The van der Waals surface area contributed by atoms with E-state index < -0.39 is 24.1 Å². The highest BCUT2D eigenvalue weighted by Crippen LogP contribution is 2.30. The van der Waals surface area contributed by atoms with Gasteiger partial charge in [0.25, 0.3) is 0 Å². The van der Waals surface area contributed by atoms with Gasteiger partial charge < -0.3 is 20.9 Å². The second-order valence-corrected chi connectivity index (χ2v) is 6.11. The van der Waals surface area contributed by atoms with Crippen LogP contribution in [0.4, 0.5) is 9.18 Å². The lowest BCUT2D eigenvalue weighted by molar-refractivity contribution is -0.0967. The minimum atomic E-state index is -0.993. The quantitative estimate of drug-likeness (QED) is 0.605. The van der Waals surface area contributed by atoms with E-state index in [1.165, 1.54) is 6.07 Å². The fraction of sp³-hybridized carbons (Fsp3) is 0.278. The molecule has 1 aliphatic rings. The lowest BCUT2D eigenvalue weighted by Gasteiger charge is -2.42. The van der Waals surface area contributed by atoms with Crippen LogP contribution >= 0.6 is 0 Å². The van der Waals surface area contributed by atoms with Gasteiger partial charge >= 0.3 is 6.09 Å². The van der Waals surface area contributed by atoms with E-state index in [1.807, 2.05) is 19.1 Å². The summed E-state index contributed by atoms with van der Waals surface area (Å²) in [5.74, 6) is -0.410. The molecule has 1 aliphatic heterocycles. The molecule has 1 aromatic heterocycles. The van der Waals surface area contributed by atoms with Crippen molar-refractivity contribution in [2.24, 2.45) is 16.5 Å². The second kappa shape index (κ2) is 8.00. The molecule has 1 unspecified atom stereocenters. The Morgan fingerprint density at radius 3 is 2.67 bits per heavy atom. The molecular weight excluding hydrogens is 353 g/mol. The molecular formula is C18H20FN5O3. The number of hydrogen-bond donors (Lipinski definition) is 2. The van der Waals surface area contributed by atoms with E-state index in [4.69, 9.17) is 20.9 Å². The molecule has 3 rings (SSSR count). The molecule has 0 saturated carbocycles. The van der Waals surface area contributed by atoms with Crippen molar-refractivity contribution >= 4 is 12.1 Å². The van der Waals surface area contributed by atoms with Crippen LogP contribution in [0.2, 0.25) is 0 Å². The Kier molecular flexibility index (Phi) is 5.51. The van der Waals surface area contributed by atoms with Crippen molar-refractivity contribution in [3.05, 3.63) is 59.5 Å². The Hall–Kier alpha value is -3.20. The van der Waals surface area contributed by atoms with Crippen molar-refractivity contribution in [2.45, 2.75) is 19.3 Å². The average molecular weight is 373 g/mol. The average Bonchev–Trinajstić information content (AvgIpc) is 2.56. The van der Waals surface area contributed by atoms with E-state index in [0.717, 1.165) is 5.69 Å². The fourth-order valence-corrected chi connectivity index (χ4v) is 2.73. The molecule has 1 amide bonds. The van der Waals surface area contributed by atoms with Gasteiger partial charge in [0.05, 0.1) is 0 Å². The van der Waals surface area contributed by atoms with Crippen LogP contribution in [0, 0.1) is 12.7 Å². The number of hydrogen-bond acceptors (Lipinski definition) is 5. The Morgan fingerprint density at radius 1 is 1.26 bits per heavy atom. The molecule has 9 heteroatoms. The molecule has 142 valence electrons. The van der Waals surface area contributed by atoms with E-state index in [0.29, 0.717) is 19.0 Å². The number of amides is 1. The highest BCUT2D eigenvalue weighted by Gasteiger charge is 2.38. The van der Waals surface area contributed by atoms with Crippen LogP contribution < -0.4 is 16.2 Å². The SMILES string of the molecule is Cc1cccc(OC2CN(C(OC(=O)N=C(N)N)c3ccccc3F)C2)n1. The predicted molar refractivity (Wildman–Crippen MR) is 96.4 cm³/mol. The Bertz CT molecular complexity index is 850. The highest BCUT2D eigenvalue weighted by atomic mass is 19.1. The maximum atomic E-state index is 14.2. The van der Waals surface area contributed by atoms with Gasteiger partial charge in [-0.1, -0.05) is 24.3 Å². The summed E-state index contributed by atoms with van der Waals surface area (Å²) in [4.78, 5) is 21.2. The summed E-state index contributed by atoms with van der Waals surface area (Å²) in [6.45, 7) is 2.71. The first-order chi connectivity index (χ1) is 12.9. The summed E-state index contributed by atoms with van der Waals surface area (Å²) < 4.78 is 25.3. The minimum absolute atomic E-state index is 0.157.